The number of halogens is 3. The summed E-state index contributed by atoms with van der Waals surface area (Å²) in [5.41, 5.74) is 1.95. The van der Waals surface area contributed by atoms with Crippen molar-refractivity contribution in [1.82, 2.24) is 0 Å². The van der Waals surface area contributed by atoms with Gasteiger partial charge in [-0.05, 0) is 52.2 Å². The first-order valence-electron chi connectivity index (χ1n) is 4.88. The Kier molecular flexibility index (Phi) is 4.31. The summed E-state index contributed by atoms with van der Waals surface area (Å²) < 4.78 is 1.81. The molecular formula is C12H9Br2ClOS. The maximum Gasteiger partial charge on any atom is 0.114 e. The zero-order chi connectivity index (χ0) is 12.6. The molecule has 0 bridgehead atoms. The summed E-state index contributed by atoms with van der Waals surface area (Å²) in [6, 6.07) is 7.67. The van der Waals surface area contributed by atoms with Crippen molar-refractivity contribution in [2.75, 3.05) is 0 Å². The van der Waals surface area contributed by atoms with Gasteiger partial charge in [0.2, 0.25) is 0 Å². The molecule has 0 aliphatic carbocycles. The van der Waals surface area contributed by atoms with Crippen LogP contribution in [0.2, 0.25) is 5.02 Å². The van der Waals surface area contributed by atoms with E-state index in [1.165, 1.54) is 11.3 Å². The molecule has 0 amide bonds. The number of aryl methyl sites for hydroxylation is 1. The smallest absolute Gasteiger partial charge is 0.114 e. The van der Waals surface area contributed by atoms with Crippen molar-refractivity contribution < 1.29 is 5.11 Å². The van der Waals surface area contributed by atoms with Crippen LogP contribution in [0.4, 0.5) is 0 Å². The van der Waals surface area contributed by atoms with Crippen molar-refractivity contribution in [3.05, 3.63) is 53.6 Å². The van der Waals surface area contributed by atoms with Gasteiger partial charge in [-0.25, -0.2) is 0 Å². The van der Waals surface area contributed by atoms with E-state index in [2.05, 4.69) is 31.9 Å². The second-order valence-corrected chi connectivity index (χ2v) is 7.40. The van der Waals surface area contributed by atoms with Crippen LogP contribution in [0.3, 0.4) is 0 Å². The third-order valence-corrected chi connectivity index (χ3v) is 5.49. The molecule has 2 rings (SSSR count). The van der Waals surface area contributed by atoms with E-state index in [4.69, 9.17) is 11.6 Å². The molecule has 0 aliphatic rings. The second-order valence-electron chi connectivity index (χ2n) is 3.67. The number of aliphatic hydroxyl groups is 1. The Labute approximate surface area is 126 Å². The quantitative estimate of drug-likeness (QED) is 0.729. The highest BCUT2D eigenvalue weighted by Crippen LogP contribution is 2.38. The van der Waals surface area contributed by atoms with Gasteiger partial charge in [-0.2, -0.15) is 0 Å². The average Bonchev–Trinajstić information content (AvgIpc) is 2.62. The van der Waals surface area contributed by atoms with Crippen molar-refractivity contribution in [3.63, 3.8) is 0 Å². The van der Waals surface area contributed by atoms with Gasteiger partial charge in [0.25, 0.3) is 0 Å². The third-order valence-electron chi connectivity index (χ3n) is 2.47. The molecule has 5 heteroatoms. The van der Waals surface area contributed by atoms with E-state index >= 15 is 0 Å². The minimum atomic E-state index is -0.638. The van der Waals surface area contributed by atoms with Crippen LogP contribution in [-0.4, -0.2) is 5.11 Å². The van der Waals surface area contributed by atoms with E-state index in [0.717, 1.165) is 24.3 Å². The molecule has 2 aromatic rings. The Morgan fingerprint density at radius 2 is 2.00 bits per heavy atom. The predicted octanol–water partition coefficient (Wildman–Crippen LogP) is 5.32. The fourth-order valence-electron chi connectivity index (χ4n) is 1.56. The average molecular weight is 397 g/mol. The molecule has 0 saturated heterocycles. The largest absolute Gasteiger partial charge is 0.383 e. The summed E-state index contributed by atoms with van der Waals surface area (Å²) in [7, 11) is 0. The maximum absolute atomic E-state index is 10.3. The minimum Gasteiger partial charge on any atom is -0.383 e. The summed E-state index contributed by atoms with van der Waals surface area (Å²) >= 11 is 14.2. The number of benzene rings is 1. The monoisotopic (exact) mass is 394 g/mol. The molecule has 0 saturated carbocycles. The first-order chi connectivity index (χ1) is 7.99. The second kappa shape index (κ2) is 5.41. The third kappa shape index (κ3) is 2.93. The number of hydrogen-bond acceptors (Lipinski definition) is 2. The molecule has 0 fully saturated rings. The highest BCUT2D eigenvalue weighted by molar-refractivity contribution is 9.11. The van der Waals surface area contributed by atoms with Crippen LogP contribution in [0.5, 0.6) is 0 Å². The molecule has 1 aromatic heterocycles. The number of rotatable bonds is 2. The van der Waals surface area contributed by atoms with Crippen LogP contribution in [-0.2, 0) is 0 Å². The zero-order valence-electron chi connectivity index (χ0n) is 8.88. The Morgan fingerprint density at radius 3 is 2.59 bits per heavy atom. The molecule has 1 N–H and O–H groups in total. The van der Waals surface area contributed by atoms with Gasteiger partial charge < -0.3 is 5.11 Å². The molecule has 0 spiro atoms. The molecule has 0 radical (unpaired) electrons. The first kappa shape index (κ1) is 13.6. The van der Waals surface area contributed by atoms with E-state index in [1.54, 1.807) is 6.07 Å². The van der Waals surface area contributed by atoms with E-state index in [9.17, 15) is 5.11 Å². The van der Waals surface area contributed by atoms with Crippen LogP contribution in [0, 0.1) is 6.92 Å². The normalized spacial score (nSPS) is 12.8. The SMILES string of the molecule is Cc1ccc(Br)cc1C(O)c1cc(Cl)c(Br)s1. The molecule has 1 heterocycles. The lowest BCUT2D eigenvalue weighted by molar-refractivity contribution is 0.223. The molecule has 1 atom stereocenters. The summed E-state index contributed by atoms with van der Waals surface area (Å²) in [6.07, 6.45) is -0.638. The van der Waals surface area contributed by atoms with Crippen molar-refractivity contribution in [2.24, 2.45) is 0 Å². The Morgan fingerprint density at radius 1 is 1.29 bits per heavy atom. The standard InChI is InChI=1S/C12H9Br2ClOS/c1-6-2-3-7(13)4-8(6)11(16)10-5-9(15)12(14)17-10/h2-5,11,16H,1H3. The Bertz CT molecular complexity index is 534. The lowest BCUT2D eigenvalue weighted by atomic mass is 10.0. The molecule has 90 valence electrons. The van der Waals surface area contributed by atoms with Crippen LogP contribution in [0.1, 0.15) is 22.1 Å². The minimum absolute atomic E-state index is 0.636. The van der Waals surface area contributed by atoms with E-state index in [0.29, 0.717) is 5.02 Å². The number of thiophene rings is 1. The molecular weight excluding hydrogens is 387 g/mol. The van der Waals surface area contributed by atoms with Crippen molar-refractivity contribution in [3.8, 4) is 0 Å². The van der Waals surface area contributed by atoms with Crippen LogP contribution in [0.15, 0.2) is 32.5 Å². The van der Waals surface area contributed by atoms with E-state index < -0.39 is 6.10 Å². The fourth-order valence-corrected chi connectivity index (χ4v) is 3.69. The van der Waals surface area contributed by atoms with Crippen molar-refractivity contribution in [1.29, 1.82) is 0 Å². The predicted molar refractivity (Wildman–Crippen MR) is 80.0 cm³/mol. The summed E-state index contributed by atoms with van der Waals surface area (Å²) in [4.78, 5) is 0.836. The van der Waals surface area contributed by atoms with E-state index in [-0.39, 0.29) is 0 Å². The topological polar surface area (TPSA) is 20.2 Å². The van der Waals surface area contributed by atoms with Gasteiger partial charge >= 0.3 is 0 Å². The van der Waals surface area contributed by atoms with Gasteiger partial charge in [-0.15, -0.1) is 11.3 Å². The lowest BCUT2D eigenvalue weighted by Crippen LogP contribution is -1.99. The molecule has 1 nitrogen and oxygen atoms in total. The Hall–Kier alpha value is 0.130. The summed E-state index contributed by atoms with van der Waals surface area (Å²) in [5.74, 6) is 0. The van der Waals surface area contributed by atoms with Crippen LogP contribution in [0.25, 0.3) is 0 Å². The van der Waals surface area contributed by atoms with Crippen molar-refractivity contribution >= 4 is 54.8 Å². The van der Waals surface area contributed by atoms with E-state index in [1.807, 2.05) is 25.1 Å². The van der Waals surface area contributed by atoms with Gasteiger partial charge in [0.15, 0.2) is 0 Å². The number of hydrogen-bond donors (Lipinski definition) is 1. The molecule has 0 aliphatic heterocycles. The molecule has 1 aromatic carbocycles. The highest BCUT2D eigenvalue weighted by Gasteiger charge is 2.17. The van der Waals surface area contributed by atoms with Gasteiger partial charge in [-0.3, -0.25) is 0 Å². The molecule has 1 unspecified atom stereocenters. The van der Waals surface area contributed by atoms with Crippen LogP contribution < -0.4 is 0 Å². The van der Waals surface area contributed by atoms with Crippen LogP contribution >= 0.6 is 54.8 Å². The summed E-state index contributed by atoms with van der Waals surface area (Å²) in [6.45, 7) is 1.98. The van der Waals surface area contributed by atoms with Gasteiger partial charge in [0.1, 0.15) is 6.10 Å². The highest BCUT2D eigenvalue weighted by atomic mass is 79.9. The van der Waals surface area contributed by atoms with Crippen molar-refractivity contribution in [2.45, 2.75) is 13.0 Å². The van der Waals surface area contributed by atoms with Gasteiger partial charge in [0.05, 0.1) is 8.81 Å². The Balaban J connectivity index is 2.42. The number of aliphatic hydroxyl groups excluding tert-OH is 1. The zero-order valence-corrected chi connectivity index (χ0v) is 13.6. The lowest BCUT2D eigenvalue weighted by Gasteiger charge is -2.12. The molecule has 17 heavy (non-hydrogen) atoms. The van der Waals surface area contributed by atoms with Gasteiger partial charge in [-0.1, -0.05) is 33.6 Å². The first-order valence-corrected chi connectivity index (χ1v) is 7.66. The van der Waals surface area contributed by atoms with Gasteiger partial charge in [0, 0.05) is 9.35 Å². The maximum atomic E-state index is 10.3. The summed E-state index contributed by atoms with van der Waals surface area (Å²) in [5, 5.41) is 11.0. The fraction of sp³-hybridized carbons (Fsp3) is 0.167.